The Kier molecular flexibility index (Phi) is 7.74. The van der Waals surface area contributed by atoms with Crippen LogP contribution in [0, 0.1) is 0 Å². The first kappa shape index (κ1) is 20.7. The van der Waals surface area contributed by atoms with Crippen LogP contribution < -0.4 is 0 Å². The molecule has 128 valence electrons. The Morgan fingerprint density at radius 1 is 0.810 bits per heavy atom. The molecule has 4 N–H and O–H groups in total. The molecule has 0 saturated carbocycles. The van der Waals surface area contributed by atoms with E-state index < -0.39 is 60.8 Å². The second kappa shape index (κ2) is 7.84. The molecule has 0 heterocycles. The maximum Gasteiger partial charge on any atom is 0.156 e. The highest BCUT2D eigenvalue weighted by atomic mass is 32.2. The van der Waals surface area contributed by atoms with Crippen LogP contribution in [0.5, 0.6) is 0 Å². The smallest absolute Gasteiger partial charge is 0.156 e. The van der Waals surface area contributed by atoms with Crippen molar-refractivity contribution in [1.82, 2.24) is 0 Å². The van der Waals surface area contributed by atoms with Crippen LogP contribution in [0.15, 0.2) is 0 Å². The maximum atomic E-state index is 12.0. The van der Waals surface area contributed by atoms with Crippen molar-refractivity contribution in [3.05, 3.63) is 0 Å². The summed E-state index contributed by atoms with van der Waals surface area (Å²) in [6.45, 7) is 3.76. The van der Waals surface area contributed by atoms with Gasteiger partial charge in [0.2, 0.25) is 0 Å². The van der Waals surface area contributed by atoms with Gasteiger partial charge in [0.1, 0.15) is 23.6 Å². The molecular weight excluding hydrogens is 324 g/mol. The molecule has 0 amide bonds. The molecule has 8 nitrogen and oxygen atoms in total. The van der Waals surface area contributed by atoms with E-state index in [1.807, 2.05) is 0 Å². The van der Waals surface area contributed by atoms with Gasteiger partial charge in [0, 0.05) is 11.5 Å². The molecule has 0 bridgehead atoms. The van der Waals surface area contributed by atoms with Gasteiger partial charge >= 0.3 is 0 Å². The number of hydrogen-bond donors (Lipinski definition) is 4. The van der Waals surface area contributed by atoms with Gasteiger partial charge in [-0.25, -0.2) is 16.8 Å². The lowest BCUT2D eigenvalue weighted by Crippen LogP contribution is -2.53. The highest BCUT2D eigenvalue weighted by Crippen LogP contribution is 2.17. The number of aliphatic hydroxyl groups is 4. The quantitative estimate of drug-likeness (QED) is 0.363. The second-order valence-corrected chi connectivity index (χ2v) is 9.81. The Morgan fingerprint density at radius 2 is 1.29 bits per heavy atom. The topological polar surface area (TPSA) is 149 Å². The van der Waals surface area contributed by atoms with Crippen molar-refractivity contribution < 1.29 is 37.3 Å². The van der Waals surface area contributed by atoms with E-state index in [1.165, 1.54) is 13.8 Å². The number of sulfone groups is 2. The van der Waals surface area contributed by atoms with Gasteiger partial charge in [-0.3, -0.25) is 0 Å². The lowest BCUT2D eigenvalue weighted by atomic mass is 10.0. The minimum absolute atomic E-state index is 0.315. The standard InChI is InChI=1S/C11H24O8S2/c1-4-20(16,17)6-8(21(18,19)5-2)10(14)11(15)9(13)7(3)12/h7-15H,4-6H2,1-3H3/t7?,8?,9-,10?,11+/m0/s1. The fraction of sp³-hybridized carbons (Fsp3) is 1.00. The Morgan fingerprint density at radius 3 is 1.62 bits per heavy atom. The van der Waals surface area contributed by atoms with E-state index >= 15 is 0 Å². The Balaban J connectivity index is 5.52. The summed E-state index contributed by atoms with van der Waals surface area (Å²) in [5.41, 5.74) is 0. The first-order valence-corrected chi connectivity index (χ1v) is 10.1. The molecule has 0 radical (unpaired) electrons. The molecule has 0 aliphatic rings. The molecule has 10 heteroatoms. The van der Waals surface area contributed by atoms with Crippen molar-refractivity contribution in [2.45, 2.75) is 50.4 Å². The summed E-state index contributed by atoms with van der Waals surface area (Å²) in [5.74, 6) is -1.60. The summed E-state index contributed by atoms with van der Waals surface area (Å²) in [6, 6.07) is 0. The van der Waals surface area contributed by atoms with Gasteiger partial charge in [0.05, 0.1) is 11.9 Å². The van der Waals surface area contributed by atoms with Crippen LogP contribution in [0.3, 0.4) is 0 Å². The molecule has 3 unspecified atom stereocenters. The molecule has 0 aliphatic carbocycles. The Hall–Kier alpha value is -0.260. The van der Waals surface area contributed by atoms with E-state index in [4.69, 9.17) is 0 Å². The molecule has 0 spiro atoms. The molecule has 0 rings (SSSR count). The second-order valence-electron chi connectivity index (χ2n) is 4.90. The van der Waals surface area contributed by atoms with Gasteiger partial charge in [-0.15, -0.1) is 0 Å². The molecule has 0 aromatic rings. The Labute approximate surface area is 125 Å². The summed E-state index contributed by atoms with van der Waals surface area (Å²) in [5, 5.41) is 36.6. The predicted octanol–water partition coefficient (Wildman–Crippen LogP) is -2.31. The summed E-state index contributed by atoms with van der Waals surface area (Å²) in [6.07, 6.45) is -7.22. The van der Waals surface area contributed by atoms with Gasteiger partial charge in [-0.1, -0.05) is 13.8 Å². The van der Waals surface area contributed by atoms with Gasteiger partial charge in [0.25, 0.3) is 0 Å². The summed E-state index contributed by atoms with van der Waals surface area (Å²) in [7, 11) is -7.72. The summed E-state index contributed by atoms with van der Waals surface area (Å²) >= 11 is 0. The maximum absolute atomic E-state index is 12.0. The normalized spacial score (nSPS) is 20.5. The van der Waals surface area contributed by atoms with Crippen molar-refractivity contribution in [3.63, 3.8) is 0 Å². The molecule has 0 saturated heterocycles. The van der Waals surface area contributed by atoms with Crippen LogP contribution in [-0.2, 0) is 19.7 Å². The number of rotatable bonds is 9. The average Bonchev–Trinajstić information content (AvgIpc) is 2.42. The van der Waals surface area contributed by atoms with Crippen molar-refractivity contribution in [1.29, 1.82) is 0 Å². The average molecular weight is 348 g/mol. The minimum Gasteiger partial charge on any atom is -0.391 e. The molecule has 5 atom stereocenters. The van der Waals surface area contributed by atoms with Gasteiger partial charge in [-0.2, -0.15) is 0 Å². The first-order chi connectivity index (χ1) is 9.39. The molecule has 0 aromatic heterocycles. The molecule has 0 aliphatic heterocycles. The SMILES string of the molecule is CCS(=O)(=O)CC(C(O)[C@H](O)[C@@H](O)C(C)O)S(=O)(=O)CC. The van der Waals surface area contributed by atoms with Crippen molar-refractivity contribution in [3.8, 4) is 0 Å². The molecular formula is C11H24O8S2. The number of aliphatic hydroxyl groups excluding tert-OH is 4. The monoisotopic (exact) mass is 348 g/mol. The highest BCUT2D eigenvalue weighted by Gasteiger charge is 2.41. The predicted molar refractivity (Wildman–Crippen MR) is 77.3 cm³/mol. The molecule has 0 aromatic carbocycles. The minimum atomic E-state index is -3.99. The van der Waals surface area contributed by atoms with Crippen LogP contribution in [-0.4, -0.2) is 84.2 Å². The summed E-state index contributed by atoms with van der Waals surface area (Å²) < 4.78 is 47.2. The summed E-state index contributed by atoms with van der Waals surface area (Å²) in [4.78, 5) is 0. The van der Waals surface area contributed by atoms with E-state index in [-0.39, 0.29) is 5.75 Å². The third-order valence-corrected chi connectivity index (χ3v) is 7.43. The zero-order valence-corrected chi connectivity index (χ0v) is 13.9. The van der Waals surface area contributed by atoms with Crippen LogP contribution in [0.1, 0.15) is 20.8 Å². The van der Waals surface area contributed by atoms with E-state index in [1.54, 1.807) is 0 Å². The van der Waals surface area contributed by atoms with E-state index in [2.05, 4.69) is 0 Å². The van der Waals surface area contributed by atoms with Crippen LogP contribution in [0.2, 0.25) is 0 Å². The van der Waals surface area contributed by atoms with Crippen molar-refractivity contribution in [2.75, 3.05) is 17.3 Å². The van der Waals surface area contributed by atoms with Gasteiger partial charge in [0.15, 0.2) is 19.7 Å². The third kappa shape index (κ3) is 5.80. The Bertz CT molecular complexity index is 510. The van der Waals surface area contributed by atoms with Gasteiger partial charge in [-0.05, 0) is 6.92 Å². The first-order valence-electron chi connectivity index (χ1n) is 6.53. The van der Waals surface area contributed by atoms with Gasteiger partial charge < -0.3 is 20.4 Å². The van der Waals surface area contributed by atoms with E-state index in [0.717, 1.165) is 6.92 Å². The van der Waals surface area contributed by atoms with Crippen molar-refractivity contribution >= 4 is 19.7 Å². The fourth-order valence-corrected chi connectivity index (χ4v) is 5.10. The largest absolute Gasteiger partial charge is 0.391 e. The van der Waals surface area contributed by atoms with Crippen molar-refractivity contribution in [2.24, 2.45) is 0 Å². The van der Waals surface area contributed by atoms with Crippen LogP contribution in [0.4, 0.5) is 0 Å². The molecule has 21 heavy (non-hydrogen) atoms. The zero-order chi connectivity index (χ0) is 17.0. The zero-order valence-electron chi connectivity index (χ0n) is 12.2. The highest BCUT2D eigenvalue weighted by molar-refractivity contribution is 7.95. The lowest BCUT2D eigenvalue weighted by Gasteiger charge is -2.30. The third-order valence-electron chi connectivity index (χ3n) is 3.30. The number of hydrogen-bond acceptors (Lipinski definition) is 8. The fourth-order valence-electron chi connectivity index (χ4n) is 1.70. The van der Waals surface area contributed by atoms with Crippen LogP contribution >= 0.6 is 0 Å². The van der Waals surface area contributed by atoms with E-state index in [0.29, 0.717) is 0 Å². The lowest BCUT2D eigenvalue weighted by molar-refractivity contribution is -0.0990. The van der Waals surface area contributed by atoms with Crippen LogP contribution in [0.25, 0.3) is 0 Å². The molecule has 0 fully saturated rings. The van der Waals surface area contributed by atoms with E-state index in [9.17, 15) is 37.3 Å².